The zero-order chi connectivity index (χ0) is 17.1. The van der Waals surface area contributed by atoms with Crippen LogP contribution in [0.1, 0.15) is 0 Å². The first kappa shape index (κ1) is 23.2. The minimum absolute atomic E-state index is 0. The topological polar surface area (TPSA) is 92.2 Å². The molecule has 0 aliphatic carbocycles. The molecule has 0 fully saturated rings. The quantitative estimate of drug-likeness (QED) is 0.418. The Kier molecular flexibility index (Phi) is 9.31. The van der Waals surface area contributed by atoms with Gasteiger partial charge in [-0.15, -0.1) is 23.0 Å². The summed E-state index contributed by atoms with van der Waals surface area (Å²) in [6.07, 6.45) is 0. The van der Waals surface area contributed by atoms with E-state index in [0.717, 1.165) is 21.5 Å². The third-order valence-electron chi connectivity index (χ3n) is 3.62. The molecular weight excluding hydrogens is 384 g/mol. The van der Waals surface area contributed by atoms with Crippen molar-refractivity contribution in [3.8, 4) is 23.0 Å². The number of fused-ring (bicyclic) bond motifs is 2. The van der Waals surface area contributed by atoms with Crippen molar-refractivity contribution in [2.24, 2.45) is 0 Å². The molecule has 0 radical (unpaired) electrons. The second-order valence-electron chi connectivity index (χ2n) is 5.29. The van der Waals surface area contributed by atoms with E-state index in [9.17, 15) is 20.4 Å². The van der Waals surface area contributed by atoms with Crippen LogP contribution in [0.25, 0.3) is 21.5 Å². The normalized spacial score (nSPS) is 9.54. The SMILES string of the molecule is [Ca+2].[Ca+2].[O-]c1cc2ccccc2cc1[O-].[O-]c1cc2ccccc2cc1[O-]. The van der Waals surface area contributed by atoms with Crippen LogP contribution in [0.4, 0.5) is 0 Å². The fraction of sp³-hybridized carbons (Fsp3) is 0. The van der Waals surface area contributed by atoms with Gasteiger partial charge in [0.05, 0.1) is 0 Å². The summed E-state index contributed by atoms with van der Waals surface area (Å²) < 4.78 is 0. The zero-order valence-corrected chi connectivity index (χ0v) is 18.4. The summed E-state index contributed by atoms with van der Waals surface area (Å²) in [4.78, 5) is 0. The molecule has 0 spiro atoms. The maximum absolute atomic E-state index is 10.9. The van der Waals surface area contributed by atoms with Crippen LogP contribution in [0.15, 0.2) is 72.8 Å². The molecule has 0 bridgehead atoms. The van der Waals surface area contributed by atoms with E-state index >= 15 is 0 Å². The minimum atomic E-state index is -0.436. The monoisotopic (exact) mass is 396 g/mol. The molecule has 0 amide bonds. The molecule has 0 saturated carbocycles. The van der Waals surface area contributed by atoms with Crippen LogP contribution in [-0.4, -0.2) is 75.5 Å². The maximum atomic E-state index is 10.9. The van der Waals surface area contributed by atoms with E-state index in [1.807, 2.05) is 48.5 Å². The Hall–Kier alpha value is -0.881. The van der Waals surface area contributed by atoms with Gasteiger partial charge in [-0.2, -0.15) is 0 Å². The van der Waals surface area contributed by atoms with Gasteiger partial charge in [0.25, 0.3) is 0 Å². The van der Waals surface area contributed by atoms with Gasteiger partial charge in [-0.25, -0.2) is 0 Å². The Balaban J connectivity index is 0.000000241. The first-order valence-electron chi connectivity index (χ1n) is 7.28. The Morgan fingerprint density at radius 2 is 0.577 bits per heavy atom. The van der Waals surface area contributed by atoms with Gasteiger partial charge in [0.2, 0.25) is 0 Å². The van der Waals surface area contributed by atoms with Crippen LogP contribution < -0.4 is 20.4 Å². The van der Waals surface area contributed by atoms with E-state index in [4.69, 9.17) is 0 Å². The number of rotatable bonds is 0. The summed E-state index contributed by atoms with van der Waals surface area (Å²) in [5, 5.41) is 47.0. The number of benzene rings is 4. The van der Waals surface area contributed by atoms with E-state index in [1.54, 1.807) is 0 Å². The van der Waals surface area contributed by atoms with E-state index in [1.165, 1.54) is 24.3 Å². The molecule has 26 heavy (non-hydrogen) atoms. The van der Waals surface area contributed by atoms with Gasteiger partial charge in [0.15, 0.2) is 0 Å². The van der Waals surface area contributed by atoms with Crippen molar-refractivity contribution in [2.45, 2.75) is 0 Å². The summed E-state index contributed by atoms with van der Waals surface area (Å²) in [7, 11) is 0. The Bertz CT molecular complexity index is 855. The van der Waals surface area contributed by atoms with Crippen molar-refractivity contribution in [3.63, 3.8) is 0 Å². The molecule has 0 atom stereocenters. The second-order valence-corrected chi connectivity index (χ2v) is 5.29. The molecule has 4 aromatic rings. The number of hydrogen-bond donors (Lipinski definition) is 0. The minimum Gasteiger partial charge on any atom is -0.873 e. The van der Waals surface area contributed by atoms with Crippen molar-refractivity contribution >= 4 is 97.0 Å². The first-order chi connectivity index (χ1) is 11.5. The summed E-state index contributed by atoms with van der Waals surface area (Å²) in [5.41, 5.74) is 0. The van der Waals surface area contributed by atoms with Crippen LogP contribution in [0.5, 0.6) is 23.0 Å². The molecule has 0 unspecified atom stereocenters. The Morgan fingerprint density at radius 3 is 0.769 bits per heavy atom. The van der Waals surface area contributed by atoms with Crippen LogP contribution in [0.3, 0.4) is 0 Å². The predicted octanol–water partition coefficient (Wildman–Crippen LogP) is 1.21. The van der Waals surface area contributed by atoms with Gasteiger partial charge in [0.1, 0.15) is 0 Å². The third-order valence-corrected chi connectivity index (χ3v) is 3.62. The summed E-state index contributed by atoms with van der Waals surface area (Å²) in [6.45, 7) is 0. The average molecular weight is 396 g/mol. The summed E-state index contributed by atoms with van der Waals surface area (Å²) in [5.74, 6) is -1.75. The molecule has 4 aromatic carbocycles. The molecule has 4 nitrogen and oxygen atoms in total. The van der Waals surface area contributed by atoms with Crippen LogP contribution in [-0.2, 0) is 0 Å². The summed E-state index contributed by atoms with van der Waals surface area (Å²) >= 11 is 0. The Labute approximate surface area is 210 Å². The van der Waals surface area contributed by atoms with Crippen molar-refractivity contribution < 1.29 is 20.4 Å². The predicted molar refractivity (Wildman–Crippen MR) is 97.2 cm³/mol. The average Bonchev–Trinajstić information content (AvgIpc) is 2.57. The fourth-order valence-electron chi connectivity index (χ4n) is 2.40. The van der Waals surface area contributed by atoms with Crippen LogP contribution >= 0.6 is 0 Å². The van der Waals surface area contributed by atoms with Gasteiger partial charge in [0, 0.05) is 0 Å². The van der Waals surface area contributed by atoms with Crippen molar-refractivity contribution in [1.82, 2.24) is 0 Å². The van der Waals surface area contributed by atoms with Crippen molar-refractivity contribution in [3.05, 3.63) is 72.8 Å². The second kappa shape index (κ2) is 10.5. The molecule has 0 N–H and O–H groups in total. The first-order valence-corrected chi connectivity index (χ1v) is 7.28. The molecule has 0 aliphatic heterocycles. The standard InChI is InChI=1S/2C10H8O2.2Ca/c2*11-9-5-7-3-1-2-4-8(7)6-10(9)12;;/h2*1-6,11-12H;;/q;;2*+2/p-4. The molecule has 0 heterocycles. The molecule has 120 valence electrons. The van der Waals surface area contributed by atoms with E-state index in [-0.39, 0.29) is 75.5 Å². The van der Waals surface area contributed by atoms with Gasteiger partial charge in [-0.1, -0.05) is 72.8 Å². The van der Waals surface area contributed by atoms with Gasteiger partial charge in [-0.3, -0.25) is 0 Å². The van der Waals surface area contributed by atoms with Gasteiger partial charge >= 0.3 is 75.5 Å². The zero-order valence-electron chi connectivity index (χ0n) is 14.0. The van der Waals surface area contributed by atoms with Crippen LogP contribution in [0, 0.1) is 0 Å². The Morgan fingerprint density at radius 1 is 0.385 bits per heavy atom. The van der Waals surface area contributed by atoms with Gasteiger partial charge in [-0.05, 0) is 21.5 Å². The molecule has 4 rings (SSSR count). The molecule has 0 aliphatic rings. The fourth-order valence-corrected chi connectivity index (χ4v) is 2.40. The number of hydrogen-bond acceptors (Lipinski definition) is 4. The summed E-state index contributed by atoms with van der Waals surface area (Å²) in [6, 6.07) is 20.1. The largest absolute Gasteiger partial charge is 2.00 e. The van der Waals surface area contributed by atoms with E-state index < -0.39 is 23.0 Å². The smallest absolute Gasteiger partial charge is 0.873 e. The maximum Gasteiger partial charge on any atom is 2.00 e. The van der Waals surface area contributed by atoms with Crippen molar-refractivity contribution in [1.29, 1.82) is 0 Å². The third kappa shape index (κ3) is 5.56. The van der Waals surface area contributed by atoms with Crippen molar-refractivity contribution in [2.75, 3.05) is 0 Å². The molecule has 0 saturated heterocycles. The van der Waals surface area contributed by atoms with Gasteiger partial charge < -0.3 is 20.4 Å². The van der Waals surface area contributed by atoms with E-state index in [2.05, 4.69) is 0 Å². The molecular formula is C20H12Ca2O4. The molecule has 0 aromatic heterocycles. The van der Waals surface area contributed by atoms with E-state index in [0.29, 0.717) is 0 Å². The molecule has 6 heteroatoms. The van der Waals surface area contributed by atoms with Crippen LogP contribution in [0.2, 0.25) is 0 Å².